The average molecular weight is 198 g/mol. The van der Waals surface area contributed by atoms with Crippen molar-refractivity contribution in [3.05, 3.63) is 11.6 Å². The number of carbonyl (C=O) groups is 1. The summed E-state index contributed by atoms with van der Waals surface area (Å²) in [6, 6.07) is 0. The molecule has 0 N–H and O–H groups in total. The van der Waals surface area contributed by atoms with E-state index < -0.39 is 0 Å². The van der Waals surface area contributed by atoms with Gasteiger partial charge in [0.1, 0.15) is 0 Å². The largest absolute Gasteiger partial charge is 0.462 e. The van der Waals surface area contributed by atoms with Gasteiger partial charge in [0, 0.05) is 5.57 Å². The molecule has 0 saturated carbocycles. The molecule has 0 aromatic carbocycles. The number of hydrogen-bond donors (Lipinski definition) is 0. The summed E-state index contributed by atoms with van der Waals surface area (Å²) in [7, 11) is 0. The average Bonchev–Trinajstić information content (AvgIpc) is 2.19. The van der Waals surface area contributed by atoms with Crippen molar-refractivity contribution in [1.29, 1.82) is 0 Å². The maximum Gasteiger partial charge on any atom is 0.333 e. The molecule has 0 aromatic heterocycles. The fourth-order valence-electron chi connectivity index (χ4n) is 1.25. The second kappa shape index (κ2) is 8.79. The molecule has 0 bridgehead atoms. The van der Waals surface area contributed by atoms with Gasteiger partial charge in [-0.2, -0.15) is 0 Å². The van der Waals surface area contributed by atoms with Crippen molar-refractivity contribution >= 4 is 5.97 Å². The Morgan fingerprint density at radius 3 is 2.43 bits per heavy atom. The second-order valence-electron chi connectivity index (χ2n) is 3.36. The number of unbranched alkanes of at least 4 members (excludes halogenated alkanes) is 3. The molecule has 0 saturated heterocycles. The van der Waals surface area contributed by atoms with Crippen LogP contribution in [-0.2, 0) is 9.53 Å². The van der Waals surface area contributed by atoms with Crippen molar-refractivity contribution < 1.29 is 9.53 Å². The number of allylic oxidation sites excluding steroid dienone is 1. The van der Waals surface area contributed by atoms with Crippen molar-refractivity contribution in [2.24, 2.45) is 0 Å². The molecule has 0 spiro atoms. The monoisotopic (exact) mass is 198 g/mol. The summed E-state index contributed by atoms with van der Waals surface area (Å²) in [6.07, 6.45) is 7.16. The molecule has 0 aliphatic carbocycles. The van der Waals surface area contributed by atoms with E-state index >= 15 is 0 Å². The third-order valence-corrected chi connectivity index (χ3v) is 2.22. The zero-order valence-corrected chi connectivity index (χ0v) is 9.64. The van der Waals surface area contributed by atoms with Gasteiger partial charge in [-0.1, -0.05) is 39.2 Å². The van der Waals surface area contributed by atoms with E-state index in [2.05, 4.69) is 6.92 Å². The van der Waals surface area contributed by atoms with Gasteiger partial charge in [-0.05, 0) is 19.8 Å². The molecule has 0 aliphatic heterocycles. The minimum absolute atomic E-state index is 0.147. The molecule has 82 valence electrons. The van der Waals surface area contributed by atoms with Crippen molar-refractivity contribution in [3.63, 3.8) is 0 Å². The summed E-state index contributed by atoms with van der Waals surface area (Å²) in [4.78, 5) is 11.3. The Labute approximate surface area is 87.3 Å². The minimum Gasteiger partial charge on any atom is -0.462 e. The van der Waals surface area contributed by atoms with Crippen LogP contribution in [0.15, 0.2) is 11.6 Å². The fourth-order valence-corrected chi connectivity index (χ4v) is 1.25. The predicted octanol–water partition coefficient (Wildman–Crippen LogP) is 3.47. The zero-order valence-electron chi connectivity index (χ0n) is 9.64. The Bertz CT molecular complexity index is 183. The van der Waals surface area contributed by atoms with Crippen LogP contribution >= 0.6 is 0 Å². The van der Waals surface area contributed by atoms with E-state index in [-0.39, 0.29) is 5.97 Å². The highest BCUT2D eigenvalue weighted by Gasteiger charge is 2.06. The minimum atomic E-state index is -0.147. The van der Waals surface area contributed by atoms with E-state index in [1.807, 2.05) is 19.9 Å². The molecule has 2 heteroatoms. The van der Waals surface area contributed by atoms with Crippen LogP contribution in [0.3, 0.4) is 0 Å². The van der Waals surface area contributed by atoms with Crippen LogP contribution in [0.25, 0.3) is 0 Å². The van der Waals surface area contributed by atoms with Gasteiger partial charge in [0.2, 0.25) is 0 Å². The Kier molecular flexibility index (Phi) is 8.30. The number of rotatable bonds is 7. The summed E-state index contributed by atoms with van der Waals surface area (Å²) in [5.41, 5.74) is 0.778. The zero-order chi connectivity index (χ0) is 10.8. The van der Waals surface area contributed by atoms with Gasteiger partial charge in [-0.15, -0.1) is 0 Å². The lowest BCUT2D eigenvalue weighted by Gasteiger charge is -2.05. The Hall–Kier alpha value is -0.790. The summed E-state index contributed by atoms with van der Waals surface area (Å²) in [5, 5.41) is 0. The number of ether oxygens (including phenoxy) is 1. The lowest BCUT2D eigenvalue weighted by Crippen LogP contribution is -2.08. The third-order valence-electron chi connectivity index (χ3n) is 2.22. The maximum atomic E-state index is 11.3. The van der Waals surface area contributed by atoms with E-state index in [4.69, 9.17) is 4.74 Å². The molecule has 0 atom stereocenters. The van der Waals surface area contributed by atoms with Crippen LogP contribution in [0, 0.1) is 0 Å². The molecule has 0 fully saturated rings. The smallest absolute Gasteiger partial charge is 0.333 e. The third kappa shape index (κ3) is 5.79. The maximum absolute atomic E-state index is 11.3. The van der Waals surface area contributed by atoms with E-state index in [9.17, 15) is 4.79 Å². The second-order valence-corrected chi connectivity index (χ2v) is 3.36. The highest BCUT2D eigenvalue weighted by Crippen LogP contribution is 2.05. The van der Waals surface area contributed by atoms with Gasteiger partial charge in [0.05, 0.1) is 6.61 Å². The van der Waals surface area contributed by atoms with Gasteiger partial charge in [0.15, 0.2) is 0 Å². The Balaban J connectivity index is 3.53. The van der Waals surface area contributed by atoms with E-state index in [0.717, 1.165) is 24.8 Å². The molecular formula is C12H22O2. The molecule has 0 aliphatic rings. The molecule has 0 amide bonds. The predicted molar refractivity (Wildman–Crippen MR) is 59.1 cm³/mol. The quantitative estimate of drug-likeness (QED) is 0.356. The molecule has 0 unspecified atom stereocenters. The Morgan fingerprint density at radius 2 is 1.93 bits per heavy atom. The van der Waals surface area contributed by atoms with E-state index in [0.29, 0.717) is 6.61 Å². The van der Waals surface area contributed by atoms with Gasteiger partial charge < -0.3 is 4.74 Å². The molecule has 2 nitrogen and oxygen atoms in total. The van der Waals surface area contributed by atoms with Crippen LogP contribution in [-0.4, -0.2) is 12.6 Å². The molecule has 0 aromatic rings. The normalized spacial score (nSPS) is 11.5. The number of hydrogen-bond acceptors (Lipinski definition) is 2. The van der Waals surface area contributed by atoms with Gasteiger partial charge in [-0.3, -0.25) is 0 Å². The van der Waals surface area contributed by atoms with Gasteiger partial charge in [0.25, 0.3) is 0 Å². The fraction of sp³-hybridized carbons (Fsp3) is 0.750. The standard InChI is InChI=1S/C12H22O2/c1-4-7-8-9-10-14-12(13)11(5-2)6-3/h5H,4,6-10H2,1-3H3/b11-5+. The highest BCUT2D eigenvalue weighted by molar-refractivity contribution is 5.88. The first-order chi connectivity index (χ1) is 6.76. The SMILES string of the molecule is C/C=C(\CC)C(=O)OCCCCCC. The summed E-state index contributed by atoms with van der Waals surface area (Å²) < 4.78 is 5.13. The lowest BCUT2D eigenvalue weighted by atomic mass is 10.2. The van der Waals surface area contributed by atoms with Crippen LogP contribution < -0.4 is 0 Å². The first-order valence-corrected chi connectivity index (χ1v) is 5.58. The van der Waals surface area contributed by atoms with Crippen LogP contribution in [0.1, 0.15) is 52.9 Å². The number of carbonyl (C=O) groups excluding carboxylic acids is 1. The van der Waals surface area contributed by atoms with Gasteiger partial charge >= 0.3 is 5.97 Å². The van der Waals surface area contributed by atoms with Crippen LogP contribution in [0.5, 0.6) is 0 Å². The lowest BCUT2D eigenvalue weighted by molar-refractivity contribution is -0.139. The summed E-state index contributed by atoms with van der Waals surface area (Å²) in [6.45, 7) is 6.57. The molecule has 0 heterocycles. The van der Waals surface area contributed by atoms with Crippen LogP contribution in [0.4, 0.5) is 0 Å². The van der Waals surface area contributed by atoms with Crippen LogP contribution in [0.2, 0.25) is 0 Å². The van der Waals surface area contributed by atoms with Crippen molar-refractivity contribution in [2.75, 3.05) is 6.61 Å². The Morgan fingerprint density at radius 1 is 1.21 bits per heavy atom. The van der Waals surface area contributed by atoms with Gasteiger partial charge in [-0.25, -0.2) is 4.79 Å². The first kappa shape index (κ1) is 13.2. The molecule has 14 heavy (non-hydrogen) atoms. The van der Waals surface area contributed by atoms with E-state index in [1.54, 1.807) is 0 Å². The van der Waals surface area contributed by atoms with Crippen molar-refractivity contribution in [2.45, 2.75) is 52.9 Å². The van der Waals surface area contributed by atoms with Crippen molar-refractivity contribution in [3.8, 4) is 0 Å². The molecular weight excluding hydrogens is 176 g/mol. The summed E-state index contributed by atoms with van der Waals surface area (Å²) >= 11 is 0. The first-order valence-electron chi connectivity index (χ1n) is 5.58. The molecule has 0 rings (SSSR count). The number of esters is 1. The van der Waals surface area contributed by atoms with E-state index in [1.165, 1.54) is 12.8 Å². The highest BCUT2D eigenvalue weighted by atomic mass is 16.5. The topological polar surface area (TPSA) is 26.3 Å². The van der Waals surface area contributed by atoms with Crippen molar-refractivity contribution in [1.82, 2.24) is 0 Å². The summed E-state index contributed by atoms with van der Waals surface area (Å²) in [5.74, 6) is -0.147. The molecule has 0 radical (unpaired) electrons.